The van der Waals surface area contributed by atoms with Crippen LogP contribution < -0.4 is 9.47 Å². The minimum Gasteiger partial charge on any atom is -0.493 e. The van der Waals surface area contributed by atoms with E-state index in [0.29, 0.717) is 5.92 Å². The van der Waals surface area contributed by atoms with Crippen LogP contribution in [0.1, 0.15) is 29.9 Å². The number of hydrogen-bond donors (Lipinski definition) is 1. The summed E-state index contributed by atoms with van der Waals surface area (Å²) in [6.07, 6.45) is 8.54. The molecule has 5 nitrogen and oxygen atoms in total. The van der Waals surface area contributed by atoms with E-state index in [4.69, 9.17) is 9.47 Å². The van der Waals surface area contributed by atoms with Crippen LogP contribution in [-0.4, -0.2) is 48.7 Å². The Balaban J connectivity index is 1.77. The summed E-state index contributed by atoms with van der Waals surface area (Å²) >= 11 is 1.75. The van der Waals surface area contributed by atoms with E-state index < -0.39 is 0 Å². The molecule has 0 spiro atoms. The van der Waals surface area contributed by atoms with Crippen LogP contribution in [0.25, 0.3) is 0 Å². The normalized spacial score (nSPS) is 18.5. The zero-order chi connectivity index (χ0) is 16.9. The van der Waals surface area contributed by atoms with Crippen molar-refractivity contribution in [2.24, 2.45) is 0 Å². The Hall–Kier alpha value is -1.66. The van der Waals surface area contributed by atoms with Gasteiger partial charge in [0.1, 0.15) is 0 Å². The molecule has 1 saturated heterocycles. The third-order valence-corrected chi connectivity index (χ3v) is 5.50. The van der Waals surface area contributed by atoms with Gasteiger partial charge in [0, 0.05) is 24.2 Å². The van der Waals surface area contributed by atoms with Gasteiger partial charge in [-0.3, -0.25) is 10.00 Å². The Morgan fingerprint density at radius 1 is 1.29 bits per heavy atom. The highest BCUT2D eigenvalue weighted by atomic mass is 32.2. The lowest BCUT2D eigenvalue weighted by Gasteiger charge is -2.32. The molecule has 2 heterocycles. The topological polar surface area (TPSA) is 50.4 Å². The number of thioether (sulfide) groups is 1. The molecule has 1 atom stereocenters. The Bertz CT molecular complexity index is 661. The number of piperidine rings is 1. The van der Waals surface area contributed by atoms with Crippen molar-refractivity contribution < 1.29 is 9.47 Å². The van der Waals surface area contributed by atoms with E-state index in [-0.39, 0.29) is 0 Å². The predicted molar refractivity (Wildman–Crippen MR) is 97.2 cm³/mol. The van der Waals surface area contributed by atoms with Gasteiger partial charge in [-0.15, -0.1) is 11.8 Å². The number of likely N-dealkylation sites (tertiary alicyclic amines) is 1. The summed E-state index contributed by atoms with van der Waals surface area (Å²) in [6, 6.07) is 4.20. The van der Waals surface area contributed by atoms with E-state index in [1.54, 1.807) is 26.0 Å². The van der Waals surface area contributed by atoms with Crippen molar-refractivity contribution in [3.05, 3.63) is 35.7 Å². The van der Waals surface area contributed by atoms with Crippen molar-refractivity contribution in [3.8, 4) is 11.5 Å². The second-order valence-electron chi connectivity index (χ2n) is 6.12. The Morgan fingerprint density at radius 3 is 2.75 bits per heavy atom. The molecule has 1 aliphatic heterocycles. The van der Waals surface area contributed by atoms with E-state index in [2.05, 4.69) is 33.5 Å². The minimum absolute atomic E-state index is 0.565. The van der Waals surface area contributed by atoms with Crippen LogP contribution in [-0.2, 0) is 6.54 Å². The number of rotatable bonds is 6. The first-order chi connectivity index (χ1) is 11.7. The third kappa shape index (κ3) is 3.70. The fourth-order valence-electron chi connectivity index (χ4n) is 3.41. The molecular weight excluding hydrogens is 322 g/mol. The van der Waals surface area contributed by atoms with Gasteiger partial charge >= 0.3 is 0 Å². The number of ether oxygens (including phenoxy) is 2. The Labute approximate surface area is 147 Å². The molecule has 0 bridgehead atoms. The number of aromatic nitrogens is 2. The van der Waals surface area contributed by atoms with Crippen LogP contribution in [0.3, 0.4) is 0 Å². The van der Waals surface area contributed by atoms with Crippen LogP contribution >= 0.6 is 11.8 Å². The molecule has 24 heavy (non-hydrogen) atoms. The van der Waals surface area contributed by atoms with Gasteiger partial charge in [0.05, 0.1) is 20.4 Å². The standard InChI is InChI=1S/C18H25N3O2S/c1-22-16-7-14(18(24-3)8-17(16)23-2)12-21-6-4-5-13(11-21)15-9-19-20-10-15/h7-10,13H,4-6,11-12H2,1-3H3,(H,19,20). The van der Waals surface area contributed by atoms with Crippen molar-refractivity contribution in [2.45, 2.75) is 30.2 Å². The highest BCUT2D eigenvalue weighted by molar-refractivity contribution is 7.98. The highest BCUT2D eigenvalue weighted by Gasteiger charge is 2.23. The SMILES string of the molecule is COc1cc(CN2CCCC(c3cn[nH]c3)C2)c(SC)cc1OC. The summed E-state index contributed by atoms with van der Waals surface area (Å²) in [5, 5.41) is 7.03. The van der Waals surface area contributed by atoms with Crippen molar-refractivity contribution in [3.63, 3.8) is 0 Å². The van der Waals surface area contributed by atoms with Crippen molar-refractivity contribution >= 4 is 11.8 Å². The second-order valence-corrected chi connectivity index (χ2v) is 6.97. The molecule has 3 rings (SSSR count). The first kappa shape index (κ1) is 17.2. The largest absolute Gasteiger partial charge is 0.493 e. The van der Waals surface area contributed by atoms with E-state index in [1.807, 2.05) is 12.4 Å². The van der Waals surface area contributed by atoms with Crippen LogP contribution in [0, 0.1) is 0 Å². The smallest absolute Gasteiger partial charge is 0.161 e. The van der Waals surface area contributed by atoms with Gasteiger partial charge in [0.25, 0.3) is 0 Å². The molecule has 0 amide bonds. The van der Waals surface area contributed by atoms with Crippen LogP contribution in [0.2, 0.25) is 0 Å². The number of benzene rings is 1. The van der Waals surface area contributed by atoms with E-state index >= 15 is 0 Å². The second kappa shape index (κ2) is 7.94. The van der Waals surface area contributed by atoms with Gasteiger partial charge in [-0.2, -0.15) is 5.10 Å². The highest BCUT2D eigenvalue weighted by Crippen LogP contribution is 2.36. The molecule has 6 heteroatoms. The van der Waals surface area contributed by atoms with Gasteiger partial charge in [0.15, 0.2) is 11.5 Å². The monoisotopic (exact) mass is 347 g/mol. The zero-order valence-electron chi connectivity index (χ0n) is 14.5. The summed E-state index contributed by atoms with van der Waals surface area (Å²) in [5.74, 6) is 2.16. The average molecular weight is 347 g/mol. The van der Waals surface area contributed by atoms with Gasteiger partial charge in [-0.25, -0.2) is 0 Å². The first-order valence-electron chi connectivity index (χ1n) is 8.25. The number of hydrogen-bond acceptors (Lipinski definition) is 5. The summed E-state index contributed by atoms with van der Waals surface area (Å²) in [6.45, 7) is 3.14. The fraction of sp³-hybridized carbons (Fsp3) is 0.500. The van der Waals surface area contributed by atoms with Gasteiger partial charge in [-0.1, -0.05) is 0 Å². The van der Waals surface area contributed by atoms with Crippen LogP contribution in [0.5, 0.6) is 11.5 Å². The minimum atomic E-state index is 0.565. The van der Waals surface area contributed by atoms with Crippen molar-refractivity contribution in [2.75, 3.05) is 33.6 Å². The molecule has 1 N–H and O–H groups in total. The first-order valence-corrected chi connectivity index (χ1v) is 9.47. The van der Waals surface area contributed by atoms with Gasteiger partial charge in [0.2, 0.25) is 0 Å². The van der Waals surface area contributed by atoms with Crippen molar-refractivity contribution in [1.29, 1.82) is 0 Å². The zero-order valence-corrected chi connectivity index (χ0v) is 15.4. The summed E-state index contributed by atoms with van der Waals surface area (Å²) in [5.41, 5.74) is 2.62. The maximum atomic E-state index is 5.48. The lowest BCUT2D eigenvalue weighted by molar-refractivity contribution is 0.198. The molecule has 1 aromatic heterocycles. The number of H-pyrrole nitrogens is 1. The maximum Gasteiger partial charge on any atom is 0.161 e. The van der Waals surface area contributed by atoms with Crippen LogP contribution in [0.4, 0.5) is 0 Å². The molecule has 130 valence electrons. The number of nitrogens with one attached hydrogen (secondary N) is 1. The number of nitrogens with zero attached hydrogens (tertiary/aromatic N) is 2. The number of methoxy groups -OCH3 is 2. The lowest BCUT2D eigenvalue weighted by Crippen LogP contribution is -2.33. The van der Waals surface area contributed by atoms with E-state index in [0.717, 1.165) is 31.1 Å². The van der Waals surface area contributed by atoms with Gasteiger partial charge in [-0.05, 0) is 54.8 Å². The Morgan fingerprint density at radius 2 is 2.08 bits per heavy atom. The summed E-state index contributed by atoms with van der Waals surface area (Å²) < 4.78 is 10.9. The number of aromatic amines is 1. The molecule has 2 aromatic rings. The quantitative estimate of drug-likeness (QED) is 0.810. The third-order valence-electron chi connectivity index (χ3n) is 4.68. The average Bonchev–Trinajstić information content (AvgIpc) is 3.16. The van der Waals surface area contributed by atoms with Gasteiger partial charge < -0.3 is 9.47 Å². The molecule has 0 radical (unpaired) electrons. The molecule has 1 aliphatic rings. The fourth-order valence-corrected chi connectivity index (χ4v) is 4.02. The molecule has 0 saturated carbocycles. The molecule has 1 fully saturated rings. The molecule has 1 aromatic carbocycles. The van der Waals surface area contributed by atoms with E-state index in [9.17, 15) is 0 Å². The summed E-state index contributed by atoms with van der Waals surface area (Å²) in [7, 11) is 3.37. The van der Waals surface area contributed by atoms with Crippen molar-refractivity contribution in [1.82, 2.24) is 15.1 Å². The molecule has 1 unspecified atom stereocenters. The maximum absolute atomic E-state index is 5.48. The molecule has 0 aliphatic carbocycles. The summed E-state index contributed by atoms with van der Waals surface area (Å²) in [4.78, 5) is 3.78. The molecular formula is C18H25N3O2S. The van der Waals surface area contributed by atoms with E-state index in [1.165, 1.54) is 28.9 Å². The Kier molecular flexibility index (Phi) is 5.68. The lowest BCUT2D eigenvalue weighted by atomic mass is 9.92. The predicted octanol–water partition coefficient (Wildman–Crippen LogP) is 3.53. The van der Waals surface area contributed by atoms with Crippen LogP contribution in [0.15, 0.2) is 29.4 Å².